The summed E-state index contributed by atoms with van der Waals surface area (Å²) in [7, 11) is 1.98. The molecule has 3 aliphatic rings. The zero-order valence-electron chi connectivity index (χ0n) is 19.2. The zero-order chi connectivity index (χ0) is 22.5. The highest BCUT2D eigenvalue weighted by atomic mass is 16.5. The van der Waals surface area contributed by atoms with E-state index in [0.29, 0.717) is 17.6 Å². The number of fused-ring (bicyclic) bond motifs is 4. The molecule has 0 unspecified atom stereocenters. The number of rotatable bonds is 3. The van der Waals surface area contributed by atoms with Gasteiger partial charge in [-0.25, -0.2) is 0 Å². The van der Waals surface area contributed by atoms with Crippen molar-refractivity contribution < 1.29 is 4.74 Å². The van der Waals surface area contributed by atoms with Crippen LogP contribution in [0.15, 0.2) is 42.5 Å². The van der Waals surface area contributed by atoms with Crippen molar-refractivity contribution in [3.63, 3.8) is 0 Å². The second kappa shape index (κ2) is 8.05. The van der Waals surface area contributed by atoms with Gasteiger partial charge in [0.05, 0.1) is 17.1 Å². The number of hydrogen-bond donors (Lipinski definition) is 1. The average molecular weight is 437 g/mol. The van der Waals surface area contributed by atoms with E-state index >= 15 is 0 Å². The molecule has 3 atom stereocenters. The van der Waals surface area contributed by atoms with Gasteiger partial charge >= 0.3 is 0 Å². The van der Waals surface area contributed by atoms with Gasteiger partial charge in [0, 0.05) is 43.3 Å². The molecule has 1 N–H and O–H groups in total. The Morgan fingerprint density at radius 3 is 2.91 bits per heavy atom. The van der Waals surface area contributed by atoms with Crippen LogP contribution in [-0.4, -0.2) is 56.1 Å². The van der Waals surface area contributed by atoms with Crippen LogP contribution < -0.4 is 20.5 Å². The van der Waals surface area contributed by atoms with Crippen molar-refractivity contribution >= 4 is 30.0 Å². The lowest BCUT2D eigenvalue weighted by atomic mass is 9.98. The van der Waals surface area contributed by atoms with Gasteiger partial charge in [-0.2, -0.15) is 5.26 Å². The summed E-state index contributed by atoms with van der Waals surface area (Å²) in [5, 5.41) is 14.0. The number of anilines is 1. The number of hydrogen-bond acceptors (Lipinski definition) is 6. The van der Waals surface area contributed by atoms with Crippen molar-refractivity contribution in [1.82, 2.24) is 15.2 Å². The molecule has 1 aromatic heterocycles. The third-order valence-electron chi connectivity index (χ3n) is 7.42. The zero-order valence-corrected chi connectivity index (χ0v) is 19.2. The highest BCUT2D eigenvalue weighted by Gasteiger charge is 2.39. The minimum atomic E-state index is 0.281. The van der Waals surface area contributed by atoms with Gasteiger partial charge in [-0.15, -0.1) is 0 Å². The topological polar surface area (TPSA) is 64.4 Å². The summed E-state index contributed by atoms with van der Waals surface area (Å²) < 4.78 is 6.23. The van der Waals surface area contributed by atoms with Crippen LogP contribution in [-0.2, 0) is 6.54 Å². The SMILES string of the molecule is Bc1ccc2c(N3C[C@@H](C)N4Cc5cc(O[C@H]6CCNC6)ccc5[C@H]4C3)ccc(C#N)c2n1. The van der Waals surface area contributed by atoms with Gasteiger partial charge < -0.3 is 15.0 Å². The van der Waals surface area contributed by atoms with E-state index < -0.39 is 0 Å². The Bertz CT molecular complexity index is 1270. The number of ether oxygens (including phenoxy) is 1. The quantitative estimate of drug-likeness (QED) is 0.632. The standard InChI is InChI=1S/C26H28BN5O/c1-16-13-31(23-6-2-17(11-28)26-22(23)5-7-25(27)30-26)15-24-21-4-3-19(10-18(21)14-32(16)24)33-20-8-9-29-12-20/h2-7,10,16,20,24,29H,8-9,12-15,27H2,1H3/t16-,20+,24-/m1/s1. The summed E-state index contributed by atoms with van der Waals surface area (Å²) in [6.45, 7) is 7.16. The highest BCUT2D eigenvalue weighted by Crippen LogP contribution is 2.42. The number of piperazine rings is 1. The molecule has 0 amide bonds. The number of pyridine rings is 1. The van der Waals surface area contributed by atoms with Crippen LogP contribution >= 0.6 is 0 Å². The summed E-state index contributed by atoms with van der Waals surface area (Å²) in [5.41, 5.74) is 6.35. The number of benzene rings is 2. The number of aromatic nitrogens is 1. The Balaban J connectivity index is 1.31. The molecule has 2 fully saturated rings. The van der Waals surface area contributed by atoms with E-state index in [2.05, 4.69) is 58.4 Å². The molecular weight excluding hydrogens is 409 g/mol. The first kappa shape index (κ1) is 20.5. The third kappa shape index (κ3) is 3.54. The van der Waals surface area contributed by atoms with Crippen LogP contribution in [0.3, 0.4) is 0 Å². The minimum absolute atomic E-state index is 0.281. The fourth-order valence-electron chi connectivity index (χ4n) is 5.76. The first-order chi connectivity index (χ1) is 16.1. The lowest BCUT2D eigenvalue weighted by molar-refractivity contribution is 0.134. The first-order valence-corrected chi connectivity index (χ1v) is 11.9. The Hall–Kier alpha value is -3.08. The van der Waals surface area contributed by atoms with Crippen molar-refractivity contribution in [2.75, 3.05) is 31.1 Å². The molecule has 0 aliphatic carbocycles. The van der Waals surface area contributed by atoms with Crippen molar-refractivity contribution in [3.8, 4) is 11.8 Å². The molecule has 0 bridgehead atoms. The Morgan fingerprint density at radius 2 is 2.09 bits per heavy atom. The summed E-state index contributed by atoms with van der Waals surface area (Å²) in [6.07, 6.45) is 1.36. The van der Waals surface area contributed by atoms with Crippen molar-refractivity contribution in [1.29, 1.82) is 5.26 Å². The molecule has 2 saturated heterocycles. The van der Waals surface area contributed by atoms with E-state index in [9.17, 15) is 5.26 Å². The van der Waals surface area contributed by atoms with E-state index in [-0.39, 0.29) is 6.10 Å². The minimum Gasteiger partial charge on any atom is -0.489 e. The fourth-order valence-corrected chi connectivity index (χ4v) is 5.76. The molecule has 0 saturated carbocycles. The van der Waals surface area contributed by atoms with Gasteiger partial charge in [-0.1, -0.05) is 12.1 Å². The first-order valence-electron chi connectivity index (χ1n) is 11.9. The second-order valence-electron chi connectivity index (χ2n) is 9.63. The number of nitrogens with one attached hydrogen (secondary N) is 1. The highest BCUT2D eigenvalue weighted by molar-refractivity contribution is 6.31. The van der Waals surface area contributed by atoms with Gasteiger partial charge in [0.1, 0.15) is 17.9 Å². The monoisotopic (exact) mass is 437 g/mol. The molecule has 0 spiro atoms. The summed E-state index contributed by atoms with van der Waals surface area (Å²) in [5.74, 6) is 0.992. The molecule has 3 aromatic rings. The van der Waals surface area contributed by atoms with E-state index in [4.69, 9.17) is 9.72 Å². The van der Waals surface area contributed by atoms with Gasteiger partial charge in [-0.05, 0) is 66.9 Å². The van der Waals surface area contributed by atoms with E-state index in [1.807, 2.05) is 20.0 Å². The van der Waals surface area contributed by atoms with E-state index in [1.54, 1.807) is 0 Å². The summed E-state index contributed by atoms with van der Waals surface area (Å²) >= 11 is 0. The average Bonchev–Trinajstić information content (AvgIpc) is 3.46. The van der Waals surface area contributed by atoms with Crippen LogP contribution in [0.25, 0.3) is 10.9 Å². The molecule has 6 nitrogen and oxygen atoms in total. The molecule has 7 heteroatoms. The predicted molar refractivity (Wildman–Crippen MR) is 133 cm³/mol. The second-order valence-corrected chi connectivity index (χ2v) is 9.63. The van der Waals surface area contributed by atoms with Crippen molar-refractivity contribution in [2.45, 2.75) is 38.1 Å². The predicted octanol–water partition coefficient (Wildman–Crippen LogP) is 1.87. The number of nitriles is 1. The van der Waals surface area contributed by atoms with Crippen molar-refractivity contribution in [3.05, 3.63) is 59.2 Å². The molecule has 6 rings (SSSR count). The lowest BCUT2D eigenvalue weighted by Gasteiger charge is -2.44. The molecule has 4 heterocycles. The van der Waals surface area contributed by atoms with Crippen LogP contribution in [0.4, 0.5) is 5.69 Å². The third-order valence-corrected chi connectivity index (χ3v) is 7.42. The normalized spacial score (nSPS) is 24.5. The summed E-state index contributed by atoms with van der Waals surface area (Å²) in [4.78, 5) is 9.80. The van der Waals surface area contributed by atoms with Crippen LogP contribution in [0.5, 0.6) is 5.75 Å². The van der Waals surface area contributed by atoms with Crippen LogP contribution in [0, 0.1) is 11.3 Å². The molecule has 166 valence electrons. The Labute approximate surface area is 195 Å². The smallest absolute Gasteiger partial charge is 0.163 e. The number of nitrogens with zero attached hydrogens (tertiary/aromatic N) is 4. The largest absolute Gasteiger partial charge is 0.489 e. The maximum Gasteiger partial charge on any atom is 0.163 e. The van der Waals surface area contributed by atoms with Crippen molar-refractivity contribution in [2.24, 2.45) is 0 Å². The van der Waals surface area contributed by atoms with E-state index in [1.165, 1.54) is 16.8 Å². The fraction of sp³-hybridized carbons (Fsp3) is 0.385. The van der Waals surface area contributed by atoms with Gasteiger partial charge in [-0.3, -0.25) is 9.88 Å². The summed E-state index contributed by atoms with van der Waals surface area (Å²) in [6, 6.07) is 17.9. The maximum atomic E-state index is 9.59. The Kier molecular flexibility index (Phi) is 5.01. The molecule has 2 aromatic carbocycles. The van der Waals surface area contributed by atoms with E-state index in [0.717, 1.165) is 61.4 Å². The van der Waals surface area contributed by atoms with Crippen LogP contribution in [0.1, 0.15) is 36.1 Å². The van der Waals surface area contributed by atoms with Gasteiger partial charge in [0.25, 0.3) is 0 Å². The van der Waals surface area contributed by atoms with Crippen LogP contribution in [0.2, 0.25) is 0 Å². The molecule has 3 aliphatic heterocycles. The van der Waals surface area contributed by atoms with Gasteiger partial charge in [0.15, 0.2) is 7.85 Å². The Morgan fingerprint density at radius 1 is 1.18 bits per heavy atom. The lowest BCUT2D eigenvalue weighted by Crippen LogP contribution is -2.51. The maximum absolute atomic E-state index is 9.59. The molecular formula is C26H28BN5O. The molecule has 33 heavy (non-hydrogen) atoms. The molecule has 0 radical (unpaired) electrons. The van der Waals surface area contributed by atoms with Gasteiger partial charge in [0.2, 0.25) is 0 Å².